The number of likely N-dealkylation sites (tertiary alicyclic amines) is 1. The number of nitrogens with one attached hydrogen (secondary N) is 1. The largest absolute Gasteiger partial charge is 0.508 e. The smallest absolute Gasteiger partial charge is 0.267 e. The molecule has 1 aliphatic carbocycles. The quantitative estimate of drug-likeness (QED) is 0.324. The van der Waals surface area contributed by atoms with E-state index >= 15 is 0 Å². The predicted molar refractivity (Wildman–Crippen MR) is 129 cm³/mol. The van der Waals surface area contributed by atoms with Gasteiger partial charge in [-0.05, 0) is 62.0 Å². The van der Waals surface area contributed by atoms with Gasteiger partial charge in [0.1, 0.15) is 11.8 Å². The van der Waals surface area contributed by atoms with Gasteiger partial charge >= 0.3 is 0 Å². The Kier molecular flexibility index (Phi) is 10.9. The molecule has 2 aliphatic rings. The zero-order valence-electron chi connectivity index (χ0n) is 18.8. The van der Waals surface area contributed by atoms with Crippen LogP contribution in [-0.2, 0) is 4.79 Å². The van der Waals surface area contributed by atoms with Crippen LogP contribution in [0.15, 0.2) is 41.9 Å². The molecule has 0 aromatic heterocycles. The summed E-state index contributed by atoms with van der Waals surface area (Å²) in [6, 6.07) is 6.36. The lowest BCUT2D eigenvalue weighted by atomic mass is 9.95. The standard InChI is InChI=1S/C17H30N4O2.C7H4ClNO/c18-15(17(23)20-14-4-2-1-3-5-14)6-7-16(19)21-10-8-13(12-22)9-11-21;8-7-3-6(10)2-1-5(7)4-9/h6-7,13-14,22H,1-5,8-12,18-19H2,(H,20,23);1-3,10H/b15-6-,16-7+;. The number of carbonyl (C=O) groups is 1. The first-order chi connectivity index (χ1) is 15.8. The van der Waals surface area contributed by atoms with Gasteiger partial charge in [0.2, 0.25) is 0 Å². The van der Waals surface area contributed by atoms with Gasteiger partial charge in [-0.1, -0.05) is 30.9 Å². The first-order valence-electron chi connectivity index (χ1n) is 11.3. The molecule has 0 unspecified atom stereocenters. The summed E-state index contributed by atoms with van der Waals surface area (Å²) < 4.78 is 0. The van der Waals surface area contributed by atoms with Gasteiger partial charge in [0.25, 0.3) is 5.91 Å². The minimum Gasteiger partial charge on any atom is -0.508 e. The maximum absolute atomic E-state index is 12.1. The average Bonchev–Trinajstić information content (AvgIpc) is 2.83. The third-order valence-electron chi connectivity index (χ3n) is 5.95. The number of nitrogens with two attached hydrogens (primary N) is 2. The van der Waals surface area contributed by atoms with Crippen molar-refractivity contribution in [3.63, 3.8) is 0 Å². The van der Waals surface area contributed by atoms with Crippen LogP contribution in [-0.4, -0.2) is 46.8 Å². The number of hydrogen-bond donors (Lipinski definition) is 5. The van der Waals surface area contributed by atoms with Crippen molar-refractivity contribution in [2.75, 3.05) is 19.7 Å². The van der Waals surface area contributed by atoms with Crippen LogP contribution >= 0.6 is 11.6 Å². The number of halogens is 1. The summed E-state index contributed by atoms with van der Waals surface area (Å²) in [4.78, 5) is 14.1. The summed E-state index contributed by atoms with van der Waals surface area (Å²) >= 11 is 5.55. The van der Waals surface area contributed by atoms with Crippen molar-refractivity contribution in [1.29, 1.82) is 5.26 Å². The summed E-state index contributed by atoms with van der Waals surface area (Å²) in [5.41, 5.74) is 12.5. The maximum atomic E-state index is 12.1. The molecule has 180 valence electrons. The lowest BCUT2D eigenvalue weighted by molar-refractivity contribution is -0.118. The number of nitriles is 1. The molecule has 0 atom stereocenters. The van der Waals surface area contributed by atoms with E-state index in [1.54, 1.807) is 12.2 Å². The summed E-state index contributed by atoms with van der Waals surface area (Å²) in [5.74, 6) is 0.861. The Morgan fingerprint density at radius 3 is 2.42 bits per heavy atom. The van der Waals surface area contributed by atoms with Crippen LogP contribution < -0.4 is 16.8 Å². The topological polar surface area (TPSA) is 149 Å². The summed E-state index contributed by atoms with van der Waals surface area (Å²) in [5, 5.41) is 29.7. The van der Waals surface area contributed by atoms with Gasteiger partial charge in [-0.2, -0.15) is 5.26 Å². The van der Waals surface area contributed by atoms with E-state index in [1.165, 1.54) is 37.5 Å². The summed E-state index contributed by atoms with van der Waals surface area (Å²) in [6.07, 6.45) is 10.8. The van der Waals surface area contributed by atoms with Crippen molar-refractivity contribution < 1.29 is 15.0 Å². The van der Waals surface area contributed by atoms with Crippen LogP contribution in [0.5, 0.6) is 5.75 Å². The molecule has 1 aromatic rings. The Labute approximate surface area is 200 Å². The minimum atomic E-state index is -0.208. The van der Waals surface area contributed by atoms with Crippen LogP contribution in [0.2, 0.25) is 5.02 Å². The van der Waals surface area contributed by atoms with Gasteiger partial charge in [0.05, 0.1) is 22.1 Å². The van der Waals surface area contributed by atoms with E-state index in [0.717, 1.165) is 38.8 Å². The third kappa shape index (κ3) is 8.87. The number of amides is 1. The number of benzene rings is 1. The molecule has 8 nitrogen and oxygen atoms in total. The minimum absolute atomic E-state index is 0.0731. The van der Waals surface area contributed by atoms with Crippen LogP contribution in [0, 0.1) is 17.2 Å². The fraction of sp³-hybridized carbons (Fsp3) is 0.500. The van der Waals surface area contributed by atoms with Gasteiger partial charge in [0, 0.05) is 25.7 Å². The average molecular weight is 476 g/mol. The molecule has 9 heteroatoms. The van der Waals surface area contributed by atoms with Crippen LogP contribution in [0.1, 0.15) is 50.5 Å². The van der Waals surface area contributed by atoms with E-state index < -0.39 is 0 Å². The van der Waals surface area contributed by atoms with Crippen molar-refractivity contribution in [3.8, 4) is 11.8 Å². The van der Waals surface area contributed by atoms with Gasteiger partial charge in [-0.25, -0.2) is 0 Å². The summed E-state index contributed by atoms with van der Waals surface area (Å²) in [7, 11) is 0. The van der Waals surface area contributed by atoms with Crippen molar-refractivity contribution in [3.05, 3.63) is 52.5 Å². The van der Waals surface area contributed by atoms with E-state index in [2.05, 4.69) is 10.2 Å². The molecule has 0 radical (unpaired) electrons. The Morgan fingerprint density at radius 1 is 1.18 bits per heavy atom. The van der Waals surface area contributed by atoms with Gasteiger partial charge < -0.3 is 31.9 Å². The molecule has 1 heterocycles. The number of aliphatic hydroxyl groups excluding tert-OH is 1. The Morgan fingerprint density at radius 2 is 1.85 bits per heavy atom. The molecule has 2 fully saturated rings. The fourth-order valence-corrected chi connectivity index (χ4v) is 4.06. The van der Waals surface area contributed by atoms with E-state index in [4.69, 9.17) is 38.5 Å². The predicted octanol–water partition coefficient (Wildman–Crippen LogP) is 2.70. The molecule has 0 spiro atoms. The molecular formula is C24H34ClN5O3. The first-order valence-corrected chi connectivity index (χ1v) is 11.7. The number of phenolic OH excluding ortho intramolecular Hbond substituents is 1. The number of aliphatic hydroxyl groups is 1. The number of piperidine rings is 1. The Balaban J connectivity index is 0.000000321. The molecule has 33 heavy (non-hydrogen) atoms. The Bertz CT molecular complexity index is 883. The Hall–Kier alpha value is -2.89. The highest BCUT2D eigenvalue weighted by molar-refractivity contribution is 6.31. The van der Waals surface area contributed by atoms with Crippen molar-refractivity contribution >= 4 is 17.5 Å². The van der Waals surface area contributed by atoms with E-state index in [9.17, 15) is 4.79 Å². The lowest BCUT2D eigenvalue weighted by Gasteiger charge is -2.32. The lowest BCUT2D eigenvalue weighted by Crippen LogP contribution is -2.38. The van der Waals surface area contributed by atoms with Crippen LogP contribution in [0.3, 0.4) is 0 Å². The number of nitrogens with zero attached hydrogens (tertiary/aromatic N) is 2. The second-order valence-corrected chi connectivity index (χ2v) is 8.82. The SMILES string of the molecule is N#Cc1ccc(O)cc1Cl.N/C(=C\C=C(/N)N1CCC(CO)CC1)C(=O)NC1CCCCC1. The van der Waals surface area contributed by atoms with Gasteiger partial charge in [0.15, 0.2) is 0 Å². The first kappa shape index (κ1) is 26.4. The second kappa shape index (κ2) is 13.6. The monoisotopic (exact) mass is 475 g/mol. The van der Waals surface area contributed by atoms with Crippen LogP contribution in [0.4, 0.5) is 0 Å². The fourth-order valence-electron chi connectivity index (χ4n) is 3.84. The zero-order valence-corrected chi connectivity index (χ0v) is 19.6. The second-order valence-electron chi connectivity index (χ2n) is 8.41. The molecule has 1 amide bonds. The molecule has 1 saturated carbocycles. The number of phenols is 1. The molecular weight excluding hydrogens is 442 g/mol. The molecule has 1 aromatic carbocycles. The van der Waals surface area contributed by atoms with E-state index in [1.807, 2.05) is 6.07 Å². The molecule has 7 N–H and O–H groups in total. The third-order valence-corrected chi connectivity index (χ3v) is 6.26. The van der Waals surface area contributed by atoms with E-state index in [0.29, 0.717) is 17.3 Å². The highest BCUT2D eigenvalue weighted by Gasteiger charge is 2.19. The molecule has 1 aliphatic heterocycles. The number of carbonyl (C=O) groups excluding carboxylic acids is 1. The highest BCUT2D eigenvalue weighted by Crippen LogP contribution is 2.20. The molecule has 3 rings (SSSR count). The maximum Gasteiger partial charge on any atom is 0.267 e. The number of aromatic hydroxyl groups is 1. The number of rotatable bonds is 5. The molecule has 0 bridgehead atoms. The van der Waals surface area contributed by atoms with Crippen molar-refractivity contribution in [1.82, 2.24) is 10.2 Å². The van der Waals surface area contributed by atoms with Crippen molar-refractivity contribution in [2.45, 2.75) is 51.0 Å². The number of allylic oxidation sites excluding steroid dienone is 2. The highest BCUT2D eigenvalue weighted by atomic mass is 35.5. The van der Waals surface area contributed by atoms with Gasteiger partial charge in [-0.15, -0.1) is 0 Å². The normalized spacial score (nSPS) is 18.2. The van der Waals surface area contributed by atoms with Crippen molar-refractivity contribution in [2.24, 2.45) is 17.4 Å². The van der Waals surface area contributed by atoms with Gasteiger partial charge in [-0.3, -0.25) is 4.79 Å². The van der Waals surface area contributed by atoms with E-state index in [-0.39, 0.29) is 35.0 Å². The number of hydrogen-bond acceptors (Lipinski definition) is 7. The molecule has 1 saturated heterocycles. The summed E-state index contributed by atoms with van der Waals surface area (Å²) in [6.45, 7) is 1.90. The zero-order chi connectivity index (χ0) is 24.2. The van der Waals surface area contributed by atoms with Crippen LogP contribution in [0.25, 0.3) is 0 Å².